The fraction of sp³-hybridized carbons (Fsp3) is 0.125. The van der Waals surface area contributed by atoms with E-state index >= 15 is 0 Å². The van der Waals surface area contributed by atoms with Crippen LogP contribution in [0.2, 0.25) is 0 Å². The first kappa shape index (κ1) is 11.9. The highest BCUT2D eigenvalue weighted by molar-refractivity contribution is 14.1. The third-order valence-electron chi connectivity index (χ3n) is 1.59. The van der Waals surface area contributed by atoms with Crippen molar-refractivity contribution in [3.63, 3.8) is 0 Å². The predicted octanol–water partition coefficient (Wildman–Crippen LogP) is 2.31. The van der Waals surface area contributed by atoms with Gasteiger partial charge in [-0.2, -0.15) is 0 Å². The third-order valence-corrected chi connectivity index (χ3v) is 4.01. The predicted molar refractivity (Wildman–Crippen MR) is 59.4 cm³/mol. The van der Waals surface area contributed by atoms with Gasteiger partial charge in [-0.1, -0.05) is 6.07 Å². The number of aliphatic carboxylic acids is 1. The van der Waals surface area contributed by atoms with E-state index in [0.717, 1.165) is 0 Å². The van der Waals surface area contributed by atoms with Gasteiger partial charge >= 0.3 is 5.97 Å². The molecule has 76 valence electrons. The van der Waals surface area contributed by atoms with E-state index in [-0.39, 0.29) is 10.0 Å². The molecule has 3 nitrogen and oxygen atoms in total. The number of benzene rings is 1. The van der Waals surface area contributed by atoms with Crippen LogP contribution in [-0.2, 0) is 4.79 Å². The summed E-state index contributed by atoms with van der Waals surface area (Å²) in [5, 5.41) is 17.6. The second-order valence-corrected chi connectivity index (χ2v) is 4.46. The van der Waals surface area contributed by atoms with E-state index in [1.165, 1.54) is 12.1 Å². The summed E-state index contributed by atoms with van der Waals surface area (Å²) < 4.78 is 14.2. The zero-order valence-electron chi connectivity index (χ0n) is 6.67. The molecule has 0 amide bonds. The number of carboxylic acids is 1. The van der Waals surface area contributed by atoms with E-state index in [1.54, 1.807) is 0 Å². The Balaban J connectivity index is 3.24. The second kappa shape index (κ2) is 4.54. The maximum absolute atomic E-state index is 13.4. The molecule has 0 aliphatic rings. The van der Waals surface area contributed by atoms with Gasteiger partial charge in [-0.3, -0.25) is 0 Å². The van der Waals surface area contributed by atoms with Gasteiger partial charge in [0, 0.05) is 9.13 Å². The molecule has 0 aliphatic carbocycles. The monoisotopic (exact) mass is 374 g/mol. The molecule has 0 saturated heterocycles. The fourth-order valence-electron chi connectivity index (χ4n) is 0.885. The lowest BCUT2D eigenvalue weighted by Gasteiger charge is -2.08. The minimum atomic E-state index is -1.83. The molecule has 0 heterocycles. The van der Waals surface area contributed by atoms with Crippen LogP contribution in [0.25, 0.3) is 0 Å². The van der Waals surface area contributed by atoms with Gasteiger partial charge in [-0.05, 0) is 44.6 Å². The van der Waals surface area contributed by atoms with Gasteiger partial charge < -0.3 is 10.2 Å². The molecule has 0 spiro atoms. The van der Waals surface area contributed by atoms with E-state index < -0.39 is 17.9 Å². The Hall–Kier alpha value is -0.210. The number of carbonyl (C=O) groups is 1. The van der Waals surface area contributed by atoms with Crippen molar-refractivity contribution in [2.75, 3.05) is 0 Å². The molecule has 0 aliphatic heterocycles. The summed E-state index contributed by atoms with van der Waals surface area (Å²) in [5.74, 6) is -2.22. The van der Waals surface area contributed by atoms with Crippen LogP contribution in [0.4, 0.5) is 4.39 Å². The Kier molecular flexibility index (Phi) is 3.85. The zero-order valence-corrected chi connectivity index (χ0v) is 10.4. The van der Waals surface area contributed by atoms with Gasteiger partial charge in [-0.25, -0.2) is 9.18 Å². The van der Waals surface area contributed by atoms with Crippen LogP contribution in [-0.4, -0.2) is 16.2 Å². The molecule has 6 heteroatoms. The van der Waals surface area contributed by atoms with Crippen LogP contribution in [0.1, 0.15) is 11.7 Å². The molecule has 1 aromatic carbocycles. The summed E-state index contributed by atoms with van der Waals surface area (Å²) in [7, 11) is 0. The Labute approximate surface area is 101 Å². The fourth-order valence-corrected chi connectivity index (χ4v) is 1.66. The molecule has 14 heavy (non-hydrogen) atoms. The van der Waals surface area contributed by atoms with Crippen LogP contribution < -0.4 is 0 Å². The molecule has 0 saturated carbocycles. The summed E-state index contributed by atoms with van der Waals surface area (Å²) in [6.45, 7) is 0. The topological polar surface area (TPSA) is 57.5 Å². The average molecular weight is 375 g/mol. The van der Waals surface area contributed by atoms with Gasteiger partial charge in [0.05, 0.1) is 4.47 Å². The summed E-state index contributed by atoms with van der Waals surface area (Å²) >= 11 is 4.85. The molecule has 1 unspecified atom stereocenters. The van der Waals surface area contributed by atoms with E-state index in [1.807, 2.05) is 22.6 Å². The van der Waals surface area contributed by atoms with E-state index in [0.29, 0.717) is 3.57 Å². The maximum atomic E-state index is 13.4. The van der Waals surface area contributed by atoms with E-state index in [9.17, 15) is 9.18 Å². The first-order chi connectivity index (χ1) is 6.45. The Bertz CT molecular complexity index is 383. The highest BCUT2D eigenvalue weighted by atomic mass is 127. The molecule has 1 rings (SSSR count). The van der Waals surface area contributed by atoms with Crippen molar-refractivity contribution >= 4 is 44.5 Å². The normalized spacial score (nSPS) is 12.6. The number of aliphatic hydroxyl groups is 1. The van der Waals surface area contributed by atoms with Crippen LogP contribution in [0.15, 0.2) is 16.6 Å². The number of hydrogen-bond donors (Lipinski definition) is 2. The highest BCUT2D eigenvalue weighted by Crippen LogP contribution is 2.28. The maximum Gasteiger partial charge on any atom is 0.337 e. The number of halogens is 3. The van der Waals surface area contributed by atoms with Crippen molar-refractivity contribution in [2.45, 2.75) is 6.10 Å². The van der Waals surface area contributed by atoms with Gasteiger partial charge in [0.2, 0.25) is 0 Å². The summed E-state index contributed by atoms with van der Waals surface area (Å²) in [6.07, 6.45) is -1.83. The van der Waals surface area contributed by atoms with Crippen molar-refractivity contribution < 1.29 is 19.4 Å². The van der Waals surface area contributed by atoms with Crippen molar-refractivity contribution in [2.24, 2.45) is 0 Å². The quantitative estimate of drug-likeness (QED) is 0.617. The van der Waals surface area contributed by atoms with Gasteiger partial charge in [0.25, 0.3) is 0 Å². The van der Waals surface area contributed by atoms with Crippen molar-refractivity contribution in [3.05, 3.63) is 31.6 Å². The van der Waals surface area contributed by atoms with Crippen LogP contribution >= 0.6 is 38.5 Å². The number of hydrogen-bond acceptors (Lipinski definition) is 2. The van der Waals surface area contributed by atoms with Crippen molar-refractivity contribution in [3.8, 4) is 0 Å². The van der Waals surface area contributed by atoms with Gasteiger partial charge in [0.15, 0.2) is 6.10 Å². The SMILES string of the molecule is O=C(O)C(O)c1ccc(I)c(Br)c1F. The molecule has 0 aromatic heterocycles. The number of rotatable bonds is 2. The Morgan fingerprint density at radius 3 is 2.64 bits per heavy atom. The van der Waals surface area contributed by atoms with Crippen molar-refractivity contribution in [1.82, 2.24) is 0 Å². The van der Waals surface area contributed by atoms with Crippen LogP contribution in [0.5, 0.6) is 0 Å². The lowest BCUT2D eigenvalue weighted by molar-refractivity contribution is -0.147. The molecule has 0 fully saturated rings. The molecule has 0 bridgehead atoms. The molecule has 0 radical (unpaired) electrons. The zero-order chi connectivity index (χ0) is 10.9. The molecular weight excluding hydrogens is 370 g/mol. The lowest BCUT2D eigenvalue weighted by atomic mass is 10.1. The van der Waals surface area contributed by atoms with E-state index in [2.05, 4.69) is 15.9 Å². The van der Waals surface area contributed by atoms with Gasteiger partial charge in [-0.15, -0.1) is 0 Å². The summed E-state index contributed by atoms with van der Waals surface area (Å²) in [4.78, 5) is 10.4. The lowest BCUT2D eigenvalue weighted by Crippen LogP contribution is -2.12. The van der Waals surface area contributed by atoms with Crippen LogP contribution in [0.3, 0.4) is 0 Å². The van der Waals surface area contributed by atoms with Crippen molar-refractivity contribution in [1.29, 1.82) is 0 Å². The molecule has 1 aromatic rings. The molecule has 2 N–H and O–H groups in total. The molecular formula is C8H5BrFIO3. The Morgan fingerprint density at radius 2 is 2.14 bits per heavy atom. The smallest absolute Gasteiger partial charge is 0.337 e. The number of aliphatic hydroxyl groups excluding tert-OH is 1. The van der Waals surface area contributed by atoms with E-state index in [4.69, 9.17) is 10.2 Å². The van der Waals surface area contributed by atoms with Crippen LogP contribution in [0, 0.1) is 9.39 Å². The first-order valence-electron chi connectivity index (χ1n) is 3.49. The van der Waals surface area contributed by atoms with Gasteiger partial charge in [0.1, 0.15) is 5.82 Å². The minimum Gasteiger partial charge on any atom is -0.479 e. The summed E-state index contributed by atoms with van der Waals surface area (Å²) in [5.41, 5.74) is -0.246. The average Bonchev–Trinajstić information content (AvgIpc) is 2.13. The third kappa shape index (κ3) is 2.23. The largest absolute Gasteiger partial charge is 0.479 e. The molecule has 1 atom stereocenters. The number of carboxylic acid groups (broad SMARTS) is 1. The second-order valence-electron chi connectivity index (χ2n) is 2.51. The first-order valence-corrected chi connectivity index (χ1v) is 5.36. The Morgan fingerprint density at radius 1 is 1.57 bits per heavy atom. The standard InChI is InChI=1S/C8H5BrFIO3/c9-5-4(11)2-1-3(6(5)10)7(12)8(13)14/h1-2,7,12H,(H,13,14). The summed E-state index contributed by atoms with van der Waals surface area (Å²) in [6, 6.07) is 2.77. The highest BCUT2D eigenvalue weighted by Gasteiger charge is 2.22. The minimum absolute atomic E-state index is 0.163.